The number of aromatic nitrogens is 2. The Kier molecular flexibility index (Phi) is 4.14. The van der Waals surface area contributed by atoms with Crippen LogP contribution in [0.3, 0.4) is 0 Å². The number of carbonyl (C=O) groups excluding carboxylic acids is 1. The van der Waals surface area contributed by atoms with Gasteiger partial charge in [-0.25, -0.2) is 0 Å². The van der Waals surface area contributed by atoms with Crippen molar-refractivity contribution >= 4 is 16.8 Å². The second-order valence-electron chi connectivity index (χ2n) is 4.28. The van der Waals surface area contributed by atoms with Gasteiger partial charge in [0.2, 0.25) is 0 Å². The van der Waals surface area contributed by atoms with Crippen LogP contribution in [0.25, 0.3) is 10.9 Å². The Labute approximate surface area is 111 Å². The highest BCUT2D eigenvalue weighted by Gasteiger charge is 2.15. The minimum atomic E-state index is -0.174. The van der Waals surface area contributed by atoms with Gasteiger partial charge in [0.05, 0.1) is 11.6 Å². The molecule has 1 aromatic carbocycles. The number of unbranched alkanes of at least 4 members (excludes halogenated alkanes) is 2. The molecule has 0 atom stereocenters. The lowest BCUT2D eigenvalue weighted by Crippen LogP contribution is -2.19. The van der Waals surface area contributed by atoms with Gasteiger partial charge in [-0.15, -0.1) is 0 Å². The fourth-order valence-corrected chi connectivity index (χ4v) is 2.05. The molecule has 0 spiro atoms. The predicted octanol–water partition coefficient (Wildman–Crippen LogP) is 2.09. The standard InChI is InChI=1S/C14H16N4O/c1-16-14(19)13-11-7-3-4-8-12(11)18(17-13)10-6-2-5-9-15/h3-4,7-8H,2,5-6,10H2,1H3,(H,16,19). The van der Waals surface area contributed by atoms with Crippen molar-refractivity contribution in [3.63, 3.8) is 0 Å². The molecule has 1 heterocycles. The van der Waals surface area contributed by atoms with Crippen molar-refractivity contribution in [1.82, 2.24) is 15.1 Å². The predicted molar refractivity (Wildman–Crippen MR) is 72.6 cm³/mol. The monoisotopic (exact) mass is 256 g/mol. The molecule has 1 N–H and O–H groups in total. The maximum atomic E-state index is 11.8. The zero-order chi connectivity index (χ0) is 13.7. The van der Waals surface area contributed by atoms with Crippen LogP contribution in [0.5, 0.6) is 0 Å². The van der Waals surface area contributed by atoms with Crippen LogP contribution >= 0.6 is 0 Å². The van der Waals surface area contributed by atoms with Crippen LogP contribution in [0, 0.1) is 11.3 Å². The van der Waals surface area contributed by atoms with Gasteiger partial charge in [0.1, 0.15) is 0 Å². The quantitative estimate of drug-likeness (QED) is 0.833. The minimum absolute atomic E-state index is 0.174. The number of benzene rings is 1. The number of nitrogens with one attached hydrogen (secondary N) is 1. The number of aryl methyl sites for hydroxylation is 1. The first kappa shape index (κ1) is 13.1. The second-order valence-corrected chi connectivity index (χ2v) is 4.28. The third-order valence-corrected chi connectivity index (χ3v) is 3.01. The molecule has 0 bridgehead atoms. The van der Waals surface area contributed by atoms with Gasteiger partial charge < -0.3 is 5.32 Å². The van der Waals surface area contributed by atoms with Gasteiger partial charge in [0, 0.05) is 25.4 Å². The van der Waals surface area contributed by atoms with Crippen molar-refractivity contribution in [2.24, 2.45) is 0 Å². The van der Waals surface area contributed by atoms with E-state index in [4.69, 9.17) is 5.26 Å². The van der Waals surface area contributed by atoms with E-state index in [0.29, 0.717) is 12.1 Å². The summed E-state index contributed by atoms with van der Waals surface area (Å²) in [7, 11) is 1.60. The maximum absolute atomic E-state index is 11.8. The molecule has 0 aliphatic rings. The molecular formula is C14H16N4O. The van der Waals surface area contributed by atoms with Crippen LogP contribution in [0.15, 0.2) is 24.3 Å². The molecule has 0 aliphatic carbocycles. The van der Waals surface area contributed by atoms with Gasteiger partial charge in [-0.1, -0.05) is 18.2 Å². The number of para-hydroxylation sites is 1. The van der Waals surface area contributed by atoms with Crippen molar-refractivity contribution in [2.75, 3.05) is 7.05 Å². The highest BCUT2D eigenvalue weighted by molar-refractivity contribution is 6.04. The van der Waals surface area contributed by atoms with E-state index in [1.807, 2.05) is 28.9 Å². The van der Waals surface area contributed by atoms with Gasteiger partial charge in [0.15, 0.2) is 5.69 Å². The Morgan fingerprint density at radius 1 is 1.42 bits per heavy atom. The third kappa shape index (κ3) is 2.74. The number of hydrogen-bond acceptors (Lipinski definition) is 3. The van der Waals surface area contributed by atoms with Gasteiger partial charge in [0.25, 0.3) is 5.91 Å². The van der Waals surface area contributed by atoms with Gasteiger partial charge in [-0.3, -0.25) is 9.48 Å². The SMILES string of the molecule is CNC(=O)c1nn(CCCCC#N)c2ccccc12. The molecule has 1 amide bonds. The van der Waals surface area contributed by atoms with E-state index in [1.54, 1.807) is 7.05 Å². The smallest absolute Gasteiger partial charge is 0.272 e. The van der Waals surface area contributed by atoms with Crippen molar-refractivity contribution < 1.29 is 4.79 Å². The van der Waals surface area contributed by atoms with Crippen molar-refractivity contribution in [2.45, 2.75) is 25.8 Å². The van der Waals surface area contributed by atoms with E-state index in [1.165, 1.54) is 0 Å². The summed E-state index contributed by atoms with van der Waals surface area (Å²) in [6.45, 7) is 0.721. The number of amides is 1. The van der Waals surface area contributed by atoms with E-state index in [0.717, 1.165) is 30.3 Å². The fourth-order valence-electron chi connectivity index (χ4n) is 2.05. The average Bonchev–Trinajstić information content (AvgIpc) is 2.82. The maximum Gasteiger partial charge on any atom is 0.272 e. The average molecular weight is 256 g/mol. The Balaban J connectivity index is 2.29. The van der Waals surface area contributed by atoms with E-state index < -0.39 is 0 Å². The number of nitriles is 1. The molecule has 0 fully saturated rings. The van der Waals surface area contributed by atoms with Crippen molar-refractivity contribution in [1.29, 1.82) is 5.26 Å². The molecule has 0 saturated carbocycles. The summed E-state index contributed by atoms with van der Waals surface area (Å²) in [5.74, 6) is -0.174. The molecule has 2 rings (SSSR count). The van der Waals surface area contributed by atoms with E-state index in [-0.39, 0.29) is 5.91 Å². The van der Waals surface area contributed by atoms with Gasteiger partial charge in [-0.05, 0) is 18.9 Å². The molecule has 0 aliphatic heterocycles. The first-order valence-electron chi connectivity index (χ1n) is 6.32. The Morgan fingerprint density at radius 2 is 2.21 bits per heavy atom. The molecule has 2 aromatic rings. The first-order valence-corrected chi connectivity index (χ1v) is 6.32. The van der Waals surface area contributed by atoms with Crippen LogP contribution in [-0.2, 0) is 6.54 Å². The number of rotatable bonds is 5. The van der Waals surface area contributed by atoms with Gasteiger partial charge in [-0.2, -0.15) is 10.4 Å². The fraction of sp³-hybridized carbons (Fsp3) is 0.357. The summed E-state index contributed by atoms with van der Waals surface area (Å²) in [6.07, 6.45) is 2.29. The molecule has 19 heavy (non-hydrogen) atoms. The van der Waals surface area contributed by atoms with Gasteiger partial charge >= 0.3 is 0 Å². The summed E-state index contributed by atoms with van der Waals surface area (Å²) in [6, 6.07) is 9.82. The van der Waals surface area contributed by atoms with Crippen LogP contribution < -0.4 is 5.32 Å². The molecule has 0 saturated heterocycles. The summed E-state index contributed by atoms with van der Waals surface area (Å²) in [5.41, 5.74) is 1.41. The van der Waals surface area contributed by atoms with Crippen molar-refractivity contribution in [3.8, 4) is 6.07 Å². The summed E-state index contributed by atoms with van der Waals surface area (Å²) in [5, 5.41) is 16.4. The van der Waals surface area contributed by atoms with E-state index in [2.05, 4.69) is 16.5 Å². The van der Waals surface area contributed by atoms with E-state index in [9.17, 15) is 4.79 Å². The summed E-state index contributed by atoms with van der Waals surface area (Å²) < 4.78 is 1.84. The van der Waals surface area contributed by atoms with Crippen LogP contribution in [0.2, 0.25) is 0 Å². The Hall–Kier alpha value is -2.35. The molecular weight excluding hydrogens is 240 g/mol. The normalized spacial score (nSPS) is 10.3. The minimum Gasteiger partial charge on any atom is -0.354 e. The number of hydrogen-bond donors (Lipinski definition) is 1. The Morgan fingerprint density at radius 3 is 2.95 bits per heavy atom. The highest BCUT2D eigenvalue weighted by Crippen LogP contribution is 2.19. The highest BCUT2D eigenvalue weighted by atomic mass is 16.1. The zero-order valence-electron chi connectivity index (χ0n) is 10.9. The third-order valence-electron chi connectivity index (χ3n) is 3.01. The number of fused-ring (bicyclic) bond motifs is 1. The summed E-state index contributed by atoms with van der Waals surface area (Å²) in [4.78, 5) is 11.8. The van der Waals surface area contributed by atoms with Crippen LogP contribution in [0.4, 0.5) is 0 Å². The molecule has 1 aromatic heterocycles. The van der Waals surface area contributed by atoms with Crippen LogP contribution in [0.1, 0.15) is 29.8 Å². The molecule has 0 unspecified atom stereocenters. The molecule has 0 radical (unpaired) electrons. The first-order chi connectivity index (χ1) is 9.27. The summed E-state index contributed by atoms with van der Waals surface area (Å²) >= 11 is 0. The Bertz CT molecular complexity index is 624. The molecule has 5 heteroatoms. The molecule has 5 nitrogen and oxygen atoms in total. The van der Waals surface area contributed by atoms with Crippen LogP contribution in [-0.4, -0.2) is 22.7 Å². The lowest BCUT2D eigenvalue weighted by Gasteiger charge is -2.01. The van der Waals surface area contributed by atoms with E-state index >= 15 is 0 Å². The number of nitrogens with zero attached hydrogens (tertiary/aromatic N) is 3. The lowest BCUT2D eigenvalue weighted by atomic mass is 10.2. The lowest BCUT2D eigenvalue weighted by molar-refractivity contribution is 0.0959. The second kappa shape index (κ2) is 6.01. The zero-order valence-corrected chi connectivity index (χ0v) is 10.9. The number of carbonyl (C=O) groups is 1. The molecule has 98 valence electrons. The largest absolute Gasteiger partial charge is 0.354 e. The topological polar surface area (TPSA) is 70.7 Å². The van der Waals surface area contributed by atoms with Crippen molar-refractivity contribution in [3.05, 3.63) is 30.0 Å².